The fraction of sp³-hybridized carbons (Fsp3) is 0.667. The summed E-state index contributed by atoms with van der Waals surface area (Å²) < 4.78 is 4.91. The second kappa shape index (κ2) is 4.87. The van der Waals surface area contributed by atoms with E-state index in [-0.39, 0.29) is 18.3 Å². The van der Waals surface area contributed by atoms with Crippen LogP contribution in [0.2, 0.25) is 0 Å². The number of carbonyl (C=O) groups excluding carboxylic acids is 1. The Hall–Kier alpha value is -1.36. The fourth-order valence-corrected chi connectivity index (χ4v) is 2.36. The van der Waals surface area contributed by atoms with Gasteiger partial charge in [0.05, 0.1) is 18.3 Å². The molecule has 2 N–H and O–H groups in total. The Bertz CT molecular complexity index is 394. The first-order chi connectivity index (χ1) is 8.17. The van der Waals surface area contributed by atoms with E-state index < -0.39 is 5.54 Å². The van der Waals surface area contributed by atoms with Gasteiger partial charge in [-0.15, -0.1) is 0 Å². The average molecular weight is 238 g/mol. The molecule has 1 fully saturated rings. The smallest absolute Gasteiger partial charge is 0.290 e. The van der Waals surface area contributed by atoms with Gasteiger partial charge in [-0.2, -0.15) is 0 Å². The lowest BCUT2D eigenvalue weighted by molar-refractivity contribution is 0.0724. The Morgan fingerprint density at radius 3 is 2.76 bits per heavy atom. The quantitative estimate of drug-likeness (QED) is 0.834. The molecular formula is C12H18N2O3. The van der Waals surface area contributed by atoms with Crippen LogP contribution >= 0.6 is 0 Å². The Kier molecular flexibility index (Phi) is 3.47. The number of hydrogen-bond donors (Lipinski definition) is 2. The van der Waals surface area contributed by atoms with Gasteiger partial charge in [0.1, 0.15) is 0 Å². The van der Waals surface area contributed by atoms with Gasteiger partial charge in [-0.1, -0.05) is 24.4 Å². The molecule has 1 aromatic heterocycles. The number of rotatable bonds is 3. The molecule has 94 valence electrons. The molecule has 1 aliphatic carbocycles. The van der Waals surface area contributed by atoms with E-state index in [0.717, 1.165) is 25.7 Å². The maximum Gasteiger partial charge on any atom is 0.290 e. The molecule has 17 heavy (non-hydrogen) atoms. The van der Waals surface area contributed by atoms with Crippen LogP contribution < -0.4 is 5.32 Å². The van der Waals surface area contributed by atoms with E-state index in [4.69, 9.17) is 4.52 Å². The van der Waals surface area contributed by atoms with Crippen LogP contribution in [-0.4, -0.2) is 28.3 Å². The van der Waals surface area contributed by atoms with Gasteiger partial charge in [0.25, 0.3) is 5.91 Å². The molecule has 0 aromatic carbocycles. The molecule has 5 heteroatoms. The highest BCUT2D eigenvalue weighted by molar-refractivity contribution is 5.93. The molecule has 0 aliphatic heterocycles. The van der Waals surface area contributed by atoms with Crippen LogP contribution in [0.1, 0.15) is 48.2 Å². The second-order valence-electron chi connectivity index (χ2n) is 4.79. The van der Waals surface area contributed by atoms with E-state index in [9.17, 15) is 9.90 Å². The van der Waals surface area contributed by atoms with Crippen molar-refractivity contribution in [3.63, 3.8) is 0 Å². The number of nitrogens with one attached hydrogen (secondary N) is 1. The van der Waals surface area contributed by atoms with Crippen LogP contribution in [0.25, 0.3) is 0 Å². The highest BCUT2D eigenvalue weighted by Crippen LogP contribution is 2.28. The highest BCUT2D eigenvalue weighted by atomic mass is 16.5. The number of amides is 1. The number of aromatic nitrogens is 1. The molecule has 0 atom stereocenters. The maximum absolute atomic E-state index is 12.0. The number of aliphatic hydroxyl groups excluding tert-OH is 1. The average Bonchev–Trinajstić information content (AvgIpc) is 2.77. The number of hydrogen-bond acceptors (Lipinski definition) is 4. The highest BCUT2D eigenvalue weighted by Gasteiger charge is 2.34. The van der Waals surface area contributed by atoms with Crippen LogP contribution in [0.4, 0.5) is 0 Å². The van der Waals surface area contributed by atoms with Gasteiger partial charge >= 0.3 is 0 Å². The van der Waals surface area contributed by atoms with E-state index in [1.165, 1.54) is 12.6 Å². The first-order valence-electron chi connectivity index (χ1n) is 6.01. The Balaban J connectivity index is 2.08. The number of aliphatic hydroxyl groups is 1. The summed E-state index contributed by atoms with van der Waals surface area (Å²) in [5.41, 5.74) is 0.237. The van der Waals surface area contributed by atoms with Crippen molar-refractivity contribution in [2.75, 3.05) is 6.61 Å². The van der Waals surface area contributed by atoms with Crippen LogP contribution in [0.3, 0.4) is 0 Å². The van der Waals surface area contributed by atoms with Crippen molar-refractivity contribution in [1.82, 2.24) is 10.5 Å². The minimum Gasteiger partial charge on any atom is -0.394 e. The lowest BCUT2D eigenvalue weighted by Gasteiger charge is -2.36. The number of carbonyl (C=O) groups is 1. The van der Waals surface area contributed by atoms with E-state index in [2.05, 4.69) is 10.5 Å². The van der Waals surface area contributed by atoms with Crippen LogP contribution in [0.5, 0.6) is 0 Å². The summed E-state index contributed by atoms with van der Waals surface area (Å²) in [4.78, 5) is 12.0. The minimum atomic E-state index is -0.478. The topological polar surface area (TPSA) is 75.4 Å². The number of nitrogens with zero attached hydrogens (tertiary/aromatic N) is 1. The molecule has 0 saturated heterocycles. The Morgan fingerprint density at radius 1 is 1.53 bits per heavy atom. The first-order valence-corrected chi connectivity index (χ1v) is 6.01. The van der Waals surface area contributed by atoms with Gasteiger partial charge in [-0.25, -0.2) is 0 Å². The minimum absolute atomic E-state index is 0.0219. The third-order valence-corrected chi connectivity index (χ3v) is 3.45. The standard InChI is InChI=1S/C12H18N2O3/c1-9-7-13-17-10(9)11(16)14-12(8-15)5-3-2-4-6-12/h7,15H,2-6,8H2,1H3,(H,14,16). The SMILES string of the molecule is Cc1cnoc1C(=O)NC1(CO)CCCCC1. The van der Waals surface area contributed by atoms with Crippen LogP contribution in [0, 0.1) is 6.92 Å². The monoisotopic (exact) mass is 238 g/mol. The molecule has 1 aliphatic rings. The van der Waals surface area contributed by atoms with Crippen molar-refractivity contribution >= 4 is 5.91 Å². The largest absolute Gasteiger partial charge is 0.394 e. The fourth-order valence-electron chi connectivity index (χ4n) is 2.36. The zero-order chi connectivity index (χ0) is 12.3. The Morgan fingerprint density at radius 2 is 2.24 bits per heavy atom. The summed E-state index contributed by atoms with van der Waals surface area (Å²) in [5.74, 6) is -0.0423. The second-order valence-corrected chi connectivity index (χ2v) is 4.79. The third kappa shape index (κ3) is 2.49. The molecule has 0 bridgehead atoms. The van der Waals surface area contributed by atoms with Crippen LogP contribution in [0.15, 0.2) is 10.7 Å². The molecule has 1 aromatic rings. The lowest BCUT2D eigenvalue weighted by Crippen LogP contribution is -2.52. The van der Waals surface area contributed by atoms with E-state index in [1.807, 2.05) is 0 Å². The van der Waals surface area contributed by atoms with E-state index in [1.54, 1.807) is 6.92 Å². The van der Waals surface area contributed by atoms with Gasteiger partial charge in [-0.05, 0) is 19.8 Å². The molecule has 0 radical (unpaired) electrons. The van der Waals surface area contributed by atoms with Gasteiger partial charge in [0.15, 0.2) is 0 Å². The van der Waals surface area contributed by atoms with Crippen LogP contribution in [-0.2, 0) is 0 Å². The zero-order valence-electron chi connectivity index (χ0n) is 10.0. The summed E-state index contributed by atoms with van der Waals surface area (Å²) >= 11 is 0. The van der Waals surface area contributed by atoms with Crippen molar-refractivity contribution in [2.24, 2.45) is 0 Å². The summed E-state index contributed by atoms with van der Waals surface area (Å²) in [6.45, 7) is 1.75. The predicted molar refractivity (Wildman–Crippen MR) is 61.6 cm³/mol. The lowest BCUT2D eigenvalue weighted by atomic mass is 9.82. The summed E-state index contributed by atoms with van der Waals surface area (Å²) in [6.07, 6.45) is 6.40. The van der Waals surface area contributed by atoms with Crippen molar-refractivity contribution in [3.05, 3.63) is 17.5 Å². The molecule has 1 heterocycles. The molecule has 1 saturated carbocycles. The first kappa shape index (κ1) is 12.1. The Labute approximate surface area is 100 Å². The van der Waals surface area contributed by atoms with Gasteiger partial charge in [0, 0.05) is 5.56 Å². The molecule has 2 rings (SSSR count). The van der Waals surface area contributed by atoms with Crippen molar-refractivity contribution in [2.45, 2.75) is 44.6 Å². The molecule has 0 unspecified atom stereocenters. The summed E-state index contributed by atoms with van der Waals surface area (Å²) in [5, 5.41) is 16.0. The van der Waals surface area contributed by atoms with Crippen molar-refractivity contribution < 1.29 is 14.4 Å². The zero-order valence-corrected chi connectivity index (χ0v) is 10.0. The normalized spacial score (nSPS) is 18.9. The maximum atomic E-state index is 12.0. The molecular weight excluding hydrogens is 220 g/mol. The van der Waals surface area contributed by atoms with Crippen molar-refractivity contribution in [3.8, 4) is 0 Å². The molecule has 5 nitrogen and oxygen atoms in total. The van der Waals surface area contributed by atoms with Gasteiger partial charge < -0.3 is 14.9 Å². The predicted octanol–water partition coefficient (Wildman–Crippen LogP) is 1.41. The van der Waals surface area contributed by atoms with Gasteiger partial charge in [0.2, 0.25) is 5.76 Å². The van der Waals surface area contributed by atoms with Crippen molar-refractivity contribution in [1.29, 1.82) is 0 Å². The summed E-state index contributed by atoms with van der Waals surface area (Å²) in [7, 11) is 0. The van der Waals surface area contributed by atoms with E-state index in [0.29, 0.717) is 5.56 Å². The van der Waals surface area contributed by atoms with E-state index >= 15 is 0 Å². The van der Waals surface area contributed by atoms with Gasteiger partial charge in [-0.3, -0.25) is 4.79 Å². The third-order valence-electron chi connectivity index (χ3n) is 3.45. The summed E-state index contributed by atoms with van der Waals surface area (Å²) in [6, 6.07) is 0. The molecule has 0 spiro atoms. The number of aryl methyl sites for hydroxylation is 1. The molecule has 1 amide bonds.